The maximum absolute atomic E-state index is 12.9. The minimum atomic E-state index is -0.634. The van der Waals surface area contributed by atoms with Crippen molar-refractivity contribution in [1.29, 1.82) is 0 Å². The number of aliphatic hydroxyl groups is 1. The Bertz CT molecular complexity index is 565. The molecule has 0 aliphatic carbocycles. The Labute approximate surface area is 111 Å². The summed E-state index contributed by atoms with van der Waals surface area (Å²) in [6, 6.07) is 13.8. The second-order valence-corrected chi connectivity index (χ2v) is 4.78. The summed E-state index contributed by atoms with van der Waals surface area (Å²) in [6.45, 7) is 0.597. The number of para-hydroxylation sites is 1. The van der Waals surface area contributed by atoms with Gasteiger partial charge in [0.2, 0.25) is 0 Å². The average molecular weight is 258 g/mol. The van der Waals surface area contributed by atoms with Crippen LogP contribution in [0.5, 0.6) is 5.75 Å². The lowest BCUT2D eigenvalue weighted by Crippen LogP contribution is -2.20. The molecule has 0 fully saturated rings. The van der Waals surface area contributed by atoms with Crippen molar-refractivity contribution in [2.45, 2.75) is 18.4 Å². The first-order chi connectivity index (χ1) is 9.25. The number of fused-ring (bicyclic) bond motifs is 1. The van der Waals surface area contributed by atoms with Gasteiger partial charge in [-0.05, 0) is 30.2 Å². The number of ether oxygens (including phenoxy) is 1. The van der Waals surface area contributed by atoms with Gasteiger partial charge in [0.15, 0.2) is 0 Å². The standard InChI is InChI=1S/C16H15FO2/c17-12-7-5-11(6-8-12)16(18)14-9-10-19-15-4-2-1-3-13(14)15/h1-8,14,16,18H,9-10H2. The topological polar surface area (TPSA) is 29.5 Å². The Morgan fingerprint density at radius 1 is 1.11 bits per heavy atom. The van der Waals surface area contributed by atoms with Crippen LogP contribution in [-0.2, 0) is 0 Å². The zero-order chi connectivity index (χ0) is 13.2. The molecule has 0 bridgehead atoms. The summed E-state index contributed by atoms with van der Waals surface area (Å²) in [5.74, 6) is 0.540. The number of halogens is 1. The van der Waals surface area contributed by atoms with Crippen LogP contribution in [0.15, 0.2) is 48.5 Å². The molecule has 2 nitrogen and oxygen atoms in total. The molecule has 2 atom stereocenters. The summed E-state index contributed by atoms with van der Waals surface area (Å²) < 4.78 is 18.5. The predicted octanol–water partition coefficient (Wildman–Crippen LogP) is 3.43. The van der Waals surface area contributed by atoms with Crippen molar-refractivity contribution in [1.82, 2.24) is 0 Å². The number of hydrogen-bond donors (Lipinski definition) is 1. The molecule has 3 rings (SSSR count). The third-order valence-electron chi connectivity index (χ3n) is 3.60. The summed E-state index contributed by atoms with van der Waals surface area (Å²) in [5, 5.41) is 10.5. The molecule has 0 amide bonds. The molecule has 19 heavy (non-hydrogen) atoms. The van der Waals surface area contributed by atoms with Gasteiger partial charge in [0.25, 0.3) is 0 Å². The zero-order valence-corrected chi connectivity index (χ0v) is 10.4. The molecule has 0 saturated carbocycles. The summed E-state index contributed by atoms with van der Waals surface area (Å²) >= 11 is 0. The van der Waals surface area contributed by atoms with Crippen LogP contribution in [-0.4, -0.2) is 11.7 Å². The maximum atomic E-state index is 12.9. The smallest absolute Gasteiger partial charge is 0.123 e. The fourth-order valence-electron chi connectivity index (χ4n) is 2.59. The van der Waals surface area contributed by atoms with Crippen molar-refractivity contribution >= 4 is 0 Å². The summed E-state index contributed by atoms with van der Waals surface area (Å²) in [7, 11) is 0. The van der Waals surface area contributed by atoms with Gasteiger partial charge < -0.3 is 9.84 Å². The minimum absolute atomic E-state index is 0.00425. The van der Waals surface area contributed by atoms with Gasteiger partial charge >= 0.3 is 0 Å². The van der Waals surface area contributed by atoms with Crippen molar-refractivity contribution in [2.24, 2.45) is 0 Å². The summed E-state index contributed by atoms with van der Waals surface area (Å²) in [6.07, 6.45) is 0.126. The highest BCUT2D eigenvalue weighted by Gasteiger charge is 2.28. The predicted molar refractivity (Wildman–Crippen MR) is 70.7 cm³/mol. The van der Waals surface area contributed by atoms with Gasteiger partial charge in [-0.3, -0.25) is 0 Å². The third-order valence-corrected chi connectivity index (χ3v) is 3.60. The van der Waals surface area contributed by atoms with Gasteiger partial charge in [-0.2, -0.15) is 0 Å². The molecule has 1 N–H and O–H groups in total. The van der Waals surface area contributed by atoms with Gasteiger partial charge in [-0.1, -0.05) is 30.3 Å². The van der Waals surface area contributed by atoms with Gasteiger partial charge in [-0.25, -0.2) is 4.39 Å². The van der Waals surface area contributed by atoms with Gasteiger partial charge in [0.1, 0.15) is 11.6 Å². The van der Waals surface area contributed by atoms with E-state index in [4.69, 9.17) is 4.74 Å². The Kier molecular flexibility index (Phi) is 3.22. The Morgan fingerprint density at radius 2 is 1.84 bits per heavy atom. The fourth-order valence-corrected chi connectivity index (χ4v) is 2.59. The molecule has 1 aliphatic rings. The van der Waals surface area contributed by atoms with Gasteiger partial charge in [-0.15, -0.1) is 0 Å². The van der Waals surface area contributed by atoms with E-state index in [-0.39, 0.29) is 11.7 Å². The van der Waals surface area contributed by atoms with E-state index >= 15 is 0 Å². The second-order valence-electron chi connectivity index (χ2n) is 4.78. The van der Waals surface area contributed by atoms with Crippen molar-refractivity contribution in [2.75, 3.05) is 6.61 Å². The average Bonchev–Trinajstić information content (AvgIpc) is 2.47. The van der Waals surface area contributed by atoms with E-state index in [1.165, 1.54) is 12.1 Å². The van der Waals surface area contributed by atoms with Crippen LogP contribution in [0.4, 0.5) is 4.39 Å². The maximum Gasteiger partial charge on any atom is 0.123 e. The molecule has 1 heterocycles. The van der Waals surface area contributed by atoms with Crippen molar-refractivity contribution in [3.8, 4) is 5.75 Å². The Balaban J connectivity index is 1.92. The van der Waals surface area contributed by atoms with Crippen LogP contribution < -0.4 is 4.74 Å². The molecular weight excluding hydrogens is 243 g/mol. The third kappa shape index (κ3) is 2.34. The van der Waals surface area contributed by atoms with Crippen LogP contribution in [0.3, 0.4) is 0 Å². The van der Waals surface area contributed by atoms with E-state index in [0.29, 0.717) is 6.61 Å². The van der Waals surface area contributed by atoms with E-state index < -0.39 is 6.10 Å². The first-order valence-corrected chi connectivity index (χ1v) is 6.41. The SMILES string of the molecule is OC(c1ccc(F)cc1)C1CCOc2ccccc21. The number of benzene rings is 2. The second kappa shape index (κ2) is 5.02. The molecule has 0 aromatic heterocycles. The largest absolute Gasteiger partial charge is 0.493 e. The van der Waals surface area contributed by atoms with Crippen LogP contribution in [0.1, 0.15) is 29.6 Å². The first-order valence-electron chi connectivity index (χ1n) is 6.41. The molecule has 0 spiro atoms. The van der Waals surface area contributed by atoms with E-state index in [1.807, 2.05) is 24.3 Å². The van der Waals surface area contributed by atoms with Crippen molar-refractivity contribution in [3.63, 3.8) is 0 Å². The highest BCUT2D eigenvalue weighted by Crippen LogP contribution is 2.41. The molecule has 0 radical (unpaired) electrons. The van der Waals surface area contributed by atoms with E-state index in [1.54, 1.807) is 12.1 Å². The zero-order valence-electron chi connectivity index (χ0n) is 10.4. The lowest BCUT2D eigenvalue weighted by Gasteiger charge is -2.29. The molecular formula is C16H15FO2. The minimum Gasteiger partial charge on any atom is -0.493 e. The molecule has 3 heteroatoms. The molecule has 2 aromatic rings. The first kappa shape index (κ1) is 12.2. The lowest BCUT2D eigenvalue weighted by atomic mass is 9.85. The molecule has 0 saturated heterocycles. The highest BCUT2D eigenvalue weighted by atomic mass is 19.1. The van der Waals surface area contributed by atoms with E-state index in [9.17, 15) is 9.50 Å². The quantitative estimate of drug-likeness (QED) is 0.894. The lowest BCUT2D eigenvalue weighted by molar-refractivity contribution is 0.117. The monoisotopic (exact) mass is 258 g/mol. The van der Waals surface area contributed by atoms with E-state index in [0.717, 1.165) is 23.3 Å². The molecule has 1 aliphatic heterocycles. The highest BCUT2D eigenvalue weighted by molar-refractivity contribution is 5.39. The van der Waals surface area contributed by atoms with Crippen molar-refractivity contribution < 1.29 is 14.2 Å². The van der Waals surface area contributed by atoms with Gasteiger partial charge in [0.05, 0.1) is 12.7 Å². The number of rotatable bonds is 2. The van der Waals surface area contributed by atoms with Crippen LogP contribution in [0, 0.1) is 5.82 Å². The Morgan fingerprint density at radius 3 is 2.63 bits per heavy atom. The number of hydrogen-bond acceptors (Lipinski definition) is 2. The molecule has 2 unspecified atom stereocenters. The van der Waals surface area contributed by atoms with Crippen molar-refractivity contribution in [3.05, 3.63) is 65.5 Å². The Hall–Kier alpha value is -1.87. The number of aliphatic hydroxyl groups excluding tert-OH is 1. The van der Waals surface area contributed by atoms with E-state index in [2.05, 4.69) is 0 Å². The molecule has 98 valence electrons. The normalized spacial score (nSPS) is 19.4. The fraction of sp³-hybridized carbons (Fsp3) is 0.250. The summed E-state index contributed by atoms with van der Waals surface area (Å²) in [5.41, 5.74) is 1.76. The van der Waals surface area contributed by atoms with Crippen LogP contribution >= 0.6 is 0 Å². The van der Waals surface area contributed by atoms with Crippen LogP contribution in [0.2, 0.25) is 0 Å². The van der Waals surface area contributed by atoms with Gasteiger partial charge in [0, 0.05) is 11.5 Å². The summed E-state index contributed by atoms with van der Waals surface area (Å²) in [4.78, 5) is 0. The van der Waals surface area contributed by atoms with Crippen LogP contribution in [0.25, 0.3) is 0 Å². The molecule has 2 aromatic carbocycles.